The van der Waals surface area contributed by atoms with E-state index in [2.05, 4.69) is 9.89 Å². The fourth-order valence-electron chi connectivity index (χ4n) is 2.72. The van der Waals surface area contributed by atoms with Crippen molar-refractivity contribution in [1.29, 1.82) is 0 Å². The maximum absolute atomic E-state index is 12.2. The van der Waals surface area contributed by atoms with Crippen LogP contribution in [0.2, 0.25) is 0 Å². The summed E-state index contributed by atoms with van der Waals surface area (Å²) in [5, 5.41) is 0.775. The second-order valence-electron chi connectivity index (χ2n) is 5.75. The van der Waals surface area contributed by atoms with Crippen LogP contribution < -0.4 is 4.74 Å². The maximum atomic E-state index is 12.2. The van der Waals surface area contributed by atoms with Crippen LogP contribution in [0.25, 0.3) is 6.08 Å². The van der Waals surface area contributed by atoms with Crippen molar-refractivity contribution in [3.63, 3.8) is 0 Å². The highest BCUT2D eigenvalue weighted by molar-refractivity contribution is 8.18. The Bertz CT molecular complexity index is 644. The molecule has 5 nitrogen and oxygen atoms in total. The molecule has 0 unspecified atom stereocenters. The zero-order chi connectivity index (χ0) is 16.4. The fourth-order valence-corrected chi connectivity index (χ4v) is 3.65. The minimum atomic E-state index is -0.174. The minimum Gasteiger partial charge on any atom is -0.497 e. The maximum Gasteiger partial charge on any atom is 0.286 e. The predicted octanol–water partition coefficient (Wildman–Crippen LogP) is 2.77. The van der Waals surface area contributed by atoms with Gasteiger partial charge in [-0.2, -0.15) is 4.99 Å². The first-order valence-electron chi connectivity index (χ1n) is 7.62. The van der Waals surface area contributed by atoms with Crippen molar-refractivity contribution in [2.75, 3.05) is 20.2 Å². The van der Waals surface area contributed by atoms with E-state index in [1.165, 1.54) is 11.8 Å². The van der Waals surface area contributed by atoms with Gasteiger partial charge in [0.2, 0.25) is 0 Å². The Morgan fingerprint density at radius 2 is 1.91 bits per heavy atom. The summed E-state index contributed by atoms with van der Waals surface area (Å²) in [5.74, 6) is 0.624. The smallest absolute Gasteiger partial charge is 0.286 e. The number of morpholine rings is 1. The van der Waals surface area contributed by atoms with Crippen LogP contribution in [0.15, 0.2) is 34.2 Å². The van der Waals surface area contributed by atoms with Crippen LogP contribution in [0.4, 0.5) is 0 Å². The molecule has 0 radical (unpaired) electrons. The van der Waals surface area contributed by atoms with Gasteiger partial charge in [0.05, 0.1) is 24.2 Å². The molecule has 1 aromatic rings. The van der Waals surface area contributed by atoms with E-state index in [0.717, 1.165) is 29.6 Å². The van der Waals surface area contributed by atoms with Crippen molar-refractivity contribution in [3.05, 3.63) is 34.7 Å². The number of benzene rings is 1. The highest BCUT2D eigenvalue weighted by Crippen LogP contribution is 2.31. The number of amidine groups is 1. The molecule has 0 aliphatic carbocycles. The molecule has 6 heteroatoms. The lowest BCUT2D eigenvalue weighted by Crippen LogP contribution is -2.47. The molecule has 122 valence electrons. The average molecular weight is 332 g/mol. The average Bonchev–Trinajstić information content (AvgIpc) is 2.88. The van der Waals surface area contributed by atoms with Gasteiger partial charge in [-0.05, 0) is 49.4 Å². The molecule has 0 aromatic heterocycles. The Balaban J connectivity index is 1.72. The van der Waals surface area contributed by atoms with Crippen molar-refractivity contribution >= 4 is 28.9 Å². The number of ether oxygens (including phenoxy) is 2. The quantitative estimate of drug-likeness (QED) is 0.780. The van der Waals surface area contributed by atoms with E-state index in [1.54, 1.807) is 7.11 Å². The van der Waals surface area contributed by atoms with Crippen molar-refractivity contribution in [1.82, 2.24) is 4.90 Å². The predicted molar refractivity (Wildman–Crippen MR) is 92.6 cm³/mol. The molecule has 2 heterocycles. The topological polar surface area (TPSA) is 51.1 Å². The molecular weight excluding hydrogens is 312 g/mol. The van der Waals surface area contributed by atoms with Crippen LogP contribution in [0.3, 0.4) is 0 Å². The van der Waals surface area contributed by atoms with Gasteiger partial charge in [0, 0.05) is 13.1 Å². The summed E-state index contributed by atoms with van der Waals surface area (Å²) >= 11 is 1.43. The summed E-state index contributed by atoms with van der Waals surface area (Å²) in [6.45, 7) is 5.61. The number of thioether (sulfide) groups is 1. The molecule has 1 saturated heterocycles. The third-order valence-electron chi connectivity index (χ3n) is 3.71. The van der Waals surface area contributed by atoms with E-state index in [0.29, 0.717) is 4.91 Å². The number of methoxy groups -OCH3 is 1. The van der Waals surface area contributed by atoms with E-state index < -0.39 is 0 Å². The largest absolute Gasteiger partial charge is 0.497 e. The number of nitrogens with zero attached hydrogens (tertiary/aromatic N) is 2. The summed E-state index contributed by atoms with van der Waals surface area (Å²) in [6.07, 6.45) is 2.16. The summed E-state index contributed by atoms with van der Waals surface area (Å²) in [5.41, 5.74) is 0.960. The van der Waals surface area contributed by atoms with Gasteiger partial charge in [-0.25, -0.2) is 0 Å². The van der Waals surface area contributed by atoms with Gasteiger partial charge in [0.25, 0.3) is 5.91 Å². The van der Waals surface area contributed by atoms with Gasteiger partial charge < -0.3 is 14.4 Å². The van der Waals surface area contributed by atoms with E-state index >= 15 is 0 Å². The molecule has 2 atom stereocenters. The Morgan fingerprint density at radius 3 is 2.52 bits per heavy atom. The molecule has 1 aromatic carbocycles. The second kappa shape index (κ2) is 6.76. The molecule has 0 N–H and O–H groups in total. The van der Waals surface area contributed by atoms with Gasteiger partial charge in [-0.15, -0.1) is 0 Å². The van der Waals surface area contributed by atoms with E-state index in [-0.39, 0.29) is 18.1 Å². The Kier molecular flexibility index (Phi) is 4.73. The lowest BCUT2D eigenvalue weighted by atomic mass is 10.2. The van der Waals surface area contributed by atoms with Gasteiger partial charge in [0.1, 0.15) is 5.75 Å². The molecule has 3 rings (SSSR count). The van der Waals surface area contributed by atoms with E-state index in [4.69, 9.17) is 9.47 Å². The molecular formula is C17H20N2O3S. The monoisotopic (exact) mass is 332 g/mol. The highest BCUT2D eigenvalue weighted by atomic mass is 32.2. The van der Waals surface area contributed by atoms with Gasteiger partial charge >= 0.3 is 0 Å². The van der Waals surface area contributed by atoms with Crippen LogP contribution in [-0.2, 0) is 9.53 Å². The van der Waals surface area contributed by atoms with Gasteiger partial charge in [-0.1, -0.05) is 12.1 Å². The first kappa shape index (κ1) is 16.1. The zero-order valence-corrected chi connectivity index (χ0v) is 14.3. The van der Waals surface area contributed by atoms with Crippen LogP contribution in [-0.4, -0.2) is 48.4 Å². The number of hydrogen-bond acceptors (Lipinski definition) is 5. The summed E-state index contributed by atoms with van der Waals surface area (Å²) in [6, 6.07) is 7.61. The molecule has 23 heavy (non-hydrogen) atoms. The number of amides is 1. The minimum absolute atomic E-state index is 0.145. The van der Waals surface area contributed by atoms with Gasteiger partial charge in [0.15, 0.2) is 5.17 Å². The van der Waals surface area contributed by atoms with Crippen LogP contribution in [0, 0.1) is 0 Å². The zero-order valence-electron chi connectivity index (χ0n) is 13.5. The number of rotatable bonds is 2. The molecule has 2 aliphatic rings. The molecule has 1 fully saturated rings. The standard InChI is InChI=1S/C17H20N2O3S/c1-11-9-19(10-12(2)22-11)17-18-16(20)15(23-17)8-13-4-6-14(21-3)7-5-13/h4-8,11-12H,9-10H2,1-3H3/b15-8+/t11-,12+. The molecule has 0 bridgehead atoms. The van der Waals surface area contributed by atoms with Crippen molar-refractivity contribution in [2.45, 2.75) is 26.1 Å². The molecule has 1 amide bonds. The normalized spacial score (nSPS) is 26.6. The van der Waals surface area contributed by atoms with Gasteiger partial charge in [-0.3, -0.25) is 4.79 Å². The Labute approximate surface area is 140 Å². The van der Waals surface area contributed by atoms with E-state index in [9.17, 15) is 4.79 Å². The van der Waals surface area contributed by atoms with Crippen molar-refractivity contribution in [2.24, 2.45) is 4.99 Å². The molecule has 0 spiro atoms. The molecule has 2 aliphatic heterocycles. The lowest BCUT2D eigenvalue weighted by molar-refractivity contribution is -0.113. The van der Waals surface area contributed by atoms with Crippen molar-refractivity contribution < 1.29 is 14.3 Å². The third-order valence-corrected chi connectivity index (χ3v) is 4.76. The first-order valence-corrected chi connectivity index (χ1v) is 8.44. The van der Waals surface area contributed by atoms with Crippen LogP contribution >= 0.6 is 11.8 Å². The number of hydrogen-bond donors (Lipinski definition) is 0. The summed E-state index contributed by atoms with van der Waals surface area (Å²) in [4.78, 5) is 19.2. The number of carbonyl (C=O) groups is 1. The highest BCUT2D eigenvalue weighted by Gasteiger charge is 2.30. The second-order valence-corrected chi connectivity index (χ2v) is 6.75. The summed E-state index contributed by atoms with van der Waals surface area (Å²) < 4.78 is 10.9. The number of carbonyl (C=O) groups excluding carboxylic acids is 1. The Morgan fingerprint density at radius 1 is 1.26 bits per heavy atom. The van der Waals surface area contributed by atoms with Crippen molar-refractivity contribution in [3.8, 4) is 5.75 Å². The summed E-state index contributed by atoms with van der Waals surface area (Å²) in [7, 11) is 1.63. The molecule has 0 saturated carbocycles. The fraction of sp³-hybridized carbons (Fsp3) is 0.412. The third kappa shape index (κ3) is 3.76. The first-order chi connectivity index (χ1) is 11.0. The van der Waals surface area contributed by atoms with E-state index in [1.807, 2.05) is 44.2 Å². The van der Waals surface area contributed by atoms with Crippen LogP contribution in [0.1, 0.15) is 19.4 Å². The lowest BCUT2D eigenvalue weighted by Gasteiger charge is -2.35. The SMILES string of the molecule is COc1ccc(/C=C2/SC(N3C[C@@H](C)O[C@@H](C)C3)=NC2=O)cc1. The number of aliphatic imine (C=N–C) groups is 1. The Hall–Kier alpha value is -1.79. The van der Waals surface area contributed by atoms with Crippen LogP contribution in [0.5, 0.6) is 5.75 Å².